The van der Waals surface area contributed by atoms with Crippen molar-refractivity contribution < 1.29 is 8.42 Å². The van der Waals surface area contributed by atoms with Gasteiger partial charge in [0.05, 0.1) is 0 Å². The molecule has 13 heavy (non-hydrogen) atoms. The van der Waals surface area contributed by atoms with E-state index in [9.17, 15) is 8.42 Å². The number of nitrogens with one attached hydrogen (secondary N) is 1. The second-order valence-corrected chi connectivity index (χ2v) is 5.20. The normalized spacial score (nSPS) is 27.1. The summed E-state index contributed by atoms with van der Waals surface area (Å²) in [4.78, 5) is 0. The maximum absolute atomic E-state index is 11.4. The first kappa shape index (κ1) is 10.9. The third-order valence-corrected chi connectivity index (χ3v) is 3.80. The summed E-state index contributed by atoms with van der Waals surface area (Å²) in [6.45, 7) is 1.01. The molecule has 0 bridgehead atoms. The van der Waals surface area contributed by atoms with Crippen LogP contribution in [0.2, 0.25) is 0 Å². The largest absolute Gasteiger partial charge is 0.327 e. The Labute approximate surface area is 79.5 Å². The number of hydrogen-bond acceptors (Lipinski definition) is 3. The van der Waals surface area contributed by atoms with Crippen LogP contribution in [0.5, 0.6) is 0 Å². The third kappa shape index (κ3) is 2.91. The molecule has 1 saturated heterocycles. The lowest BCUT2D eigenvalue weighted by Crippen LogP contribution is -2.44. The summed E-state index contributed by atoms with van der Waals surface area (Å²) < 4.78 is 26.5. The van der Waals surface area contributed by atoms with Crippen molar-refractivity contribution in [3.63, 3.8) is 0 Å². The van der Waals surface area contributed by atoms with E-state index in [0.29, 0.717) is 13.1 Å². The molecule has 0 aliphatic carbocycles. The van der Waals surface area contributed by atoms with Crippen LogP contribution in [0, 0.1) is 0 Å². The average Bonchev–Trinajstić information content (AvgIpc) is 2.30. The fraction of sp³-hybridized carbons (Fsp3) is 1.00. The van der Waals surface area contributed by atoms with Crippen molar-refractivity contribution in [3.8, 4) is 0 Å². The first-order chi connectivity index (χ1) is 6.06. The van der Waals surface area contributed by atoms with E-state index in [1.807, 2.05) is 0 Å². The molecular formula is C7H17N3O2S. The van der Waals surface area contributed by atoms with Crippen molar-refractivity contribution in [1.29, 1.82) is 0 Å². The number of hydrogen-bond donors (Lipinski definition) is 2. The van der Waals surface area contributed by atoms with E-state index >= 15 is 0 Å². The van der Waals surface area contributed by atoms with Crippen LogP contribution in [0.25, 0.3) is 0 Å². The van der Waals surface area contributed by atoms with Gasteiger partial charge in [-0.1, -0.05) is 6.42 Å². The van der Waals surface area contributed by atoms with E-state index in [4.69, 9.17) is 5.73 Å². The molecule has 0 aromatic rings. The lowest BCUT2D eigenvalue weighted by molar-refractivity contribution is 0.401. The Morgan fingerprint density at radius 2 is 2.15 bits per heavy atom. The maximum Gasteiger partial charge on any atom is 0.279 e. The molecule has 0 radical (unpaired) electrons. The standard InChI is InChI=1S/C7H17N3O2S/c1-9-13(11,12)10-5-3-2-4-7(8)6-10/h7,9H,2-6,8H2,1H3. The molecule has 5 nitrogen and oxygen atoms in total. The van der Waals surface area contributed by atoms with E-state index in [2.05, 4.69) is 4.72 Å². The first-order valence-electron chi connectivity index (χ1n) is 4.50. The molecule has 1 fully saturated rings. The molecule has 0 aromatic heterocycles. The van der Waals surface area contributed by atoms with Crippen LogP contribution >= 0.6 is 0 Å². The van der Waals surface area contributed by atoms with Gasteiger partial charge in [-0.15, -0.1) is 0 Å². The quantitative estimate of drug-likeness (QED) is 0.626. The molecule has 3 N–H and O–H groups in total. The summed E-state index contributed by atoms with van der Waals surface area (Å²) in [6, 6.07) is -0.0226. The van der Waals surface area contributed by atoms with Crippen LogP contribution in [0.1, 0.15) is 19.3 Å². The highest BCUT2D eigenvalue weighted by Crippen LogP contribution is 2.11. The summed E-state index contributed by atoms with van der Waals surface area (Å²) in [6.07, 6.45) is 2.82. The molecule has 0 aromatic carbocycles. The highest BCUT2D eigenvalue weighted by atomic mass is 32.2. The Morgan fingerprint density at radius 1 is 1.46 bits per heavy atom. The van der Waals surface area contributed by atoms with Crippen LogP contribution in [-0.2, 0) is 10.2 Å². The molecule has 1 unspecified atom stereocenters. The van der Waals surface area contributed by atoms with E-state index < -0.39 is 10.2 Å². The van der Waals surface area contributed by atoms with Crippen molar-refractivity contribution in [2.45, 2.75) is 25.3 Å². The molecule has 0 saturated carbocycles. The lowest BCUT2D eigenvalue weighted by Gasteiger charge is -2.20. The highest BCUT2D eigenvalue weighted by molar-refractivity contribution is 7.87. The monoisotopic (exact) mass is 207 g/mol. The van der Waals surface area contributed by atoms with Crippen LogP contribution in [0.3, 0.4) is 0 Å². The van der Waals surface area contributed by atoms with Crippen molar-refractivity contribution >= 4 is 10.2 Å². The van der Waals surface area contributed by atoms with Gasteiger partial charge in [0.2, 0.25) is 0 Å². The van der Waals surface area contributed by atoms with Gasteiger partial charge in [-0.2, -0.15) is 12.7 Å². The fourth-order valence-corrected chi connectivity index (χ4v) is 2.50. The zero-order chi connectivity index (χ0) is 9.90. The van der Waals surface area contributed by atoms with Crippen LogP contribution in [-0.4, -0.2) is 38.9 Å². The Morgan fingerprint density at radius 3 is 2.77 bits per heavy atom. The van der Waals surface area contributed by atoms with Crippen LogP contribution < -0.4 is 10.5 Å². The van der Waals surface area contributed by atoms with Crippen molar-refractivity contribution in [2.24, 2.45) is 5.73 Å². The topological polar surface area (TPSA) is 75.4 Å². The Kier molecular flexibility index (Phi) is 3.66. The van der Waals surface area contributed by atoms with Crippen molar-refractivity contribution in [3.05, 3.63) is 0 Å². The van der Waals surface area contributed by atoms with Crippen LogP contribution in [0.15, 0.2) is 0 Å². The summed E-state index contributed by atoms with van der Waals surface area (Å²) in [5.74, 6) is 0. The Hall–Kier alpha value is -0.170. The Balaban J connectivity index is 2.68. The smallest absolute Gasteiger partial charge is 0.279 e. The van der Waals surface area contributed by atoms with Gasteiger partial charge in [0.15, 0.2) is 0 Å². The molecule has 6 heteroatoms. The third-order valence-electron chi connectivity index (χ3n) is 2.27. The minimum atomic E-state index is -3.27. The van der Waals surface area contributed by atoms with Crippen LogP contribution in [0.4, 0.5) is 0 Å². The van der Waals surface area contributed by atoms with Gasteiger partial charge in [0.1, 0.15) is 0 Å². The molecular weight excluding hydrogens is 190 g/mol. The van der Waals surface area contributed by atoms with Gasteiger partial charge in [0.25, 0.3) is 10.2 Å². The molecule has 1 atom stereocenters. The Bertz CT molecular complexity index is 252. The SMILES string of the molecule is CNS(=O)(=O)N1CCCCC(N)C1. The summed E-state index contributed by atoms with van der Waals surface area (Å²) >= 11 is 0. The second kappa shape index (κ2) is 4.36. The van der Waals surface area contributed by atoms with E-state index in [1.165, 1.54) is 11.4 Å². The number of nitrogens with zero attached hydrogens (tertiary/aromatic N) is 1. The highest BCUT2D eigenvalue weighted by Gasteiger charge is 2.24. The molecule has 1 heterocycles. The van der Waals surface area contributed by atoms with Gasteiger partial charge >= 0.3 is 0 Å². The molecule has 1 rings (SSSR count). The van der Waals surface area contributed by atoms with Gasteiger partial charge in [-0.3, -0.25) is 0 Å². The van der Waals surface area contributed by atoms with Gasteiger partial charge in [-0.25, -0.2) is 4.72 Å². The lowest BCUT2D eigenvalue weighted by atomic mass is 10.2. The molecule has 1 aliphatic rings. The second-order valence-electron chi connectivity index (χ2n) is 3.32. The predicted molar refractivity (Wildman–Crippen MR) is 51.4 cm³/mol. The number of nitrogens with two attached hydrogens (primary N) is 1. The first-order valence-corrected chi connectivity index (χ1v) is 5.94. The fourth-order valence-electron chi connectivity index (χ4n) is 1.49. The predicted octanol–water partition coefficient (Wildman–Crippen LogP) is -0.736. The summed E-state index contributed by atoms with van der Waals surface area (Å²) in [5, 5.41) is 0. The minimum Gasteiger partial charge on any atom is -0.327 e. The average molecular weight is 207 g/mol. The maximum atomic E-state index is 11.4. The van der Waals surface area contributed by atoms with E-state index in [0.717, 1.165) is 19.3 Å². The van der Waals surface area contributed by atoms with Gasteiger partial charge in [-0.05, 0) is 12.8 Å². The van der Waals surface area contributed by atoms with E-state index in [-0.39, 0.29) is 6.04 Å². The van der Waals surface area contributed by atoms with Crippen molar-refractivity contribution in [2.75, 3.05) is 20.1 Å². The number of rotatable bonds is 2. The molecule has 0 spiro atoms. The van der Waals surface area contributed by atoms with E-state index in [1.54, 1.807) is 0 Å². The van der Waals surface area contributed by atoms with Crippen molar-refractivity contribution in [1.82, 2.24) is 9.03 Å². The molecule has 1 aliphatic heterocycles. The zero-order valence-corrected chi connectivity index (χ0v) is 8.68. The summed E-state index contributed by atoms with van der Waals surface area (Å²) in [5.41, 5.74) is 5.74. The van der Waals surface area contributed by atoms with Gasteiger partial charge in [0, 0.05) is 26.2 Å². The molecule has 0 amide bonds. The van der Waals surface area contributed by atoms with Gasteiger partial charge < -0.3 is 5.73 Å². The minimum absolute atomic E-state index is 0.0226. The summed E-state index contributed by atoms with van der Waals surface area (Å²) in [7, 11) is -1.85. The molecule has 78 valence electrons. The zero-order valence-electron chi connectivity index (χ0n) is 7.86.